The van der Waals surface area contributed by atoms with Gasteiger partial charge in [0.25, 0.3) is 0 Å². The lowest BCUT2D eigenvalue weighted by Gasteiger charge is -2.17. The molecule has 1 N–H and O–H groups in total. The van der Waals surface area contributed by atoms with Crippen molar-refractivity contribution in [2.45, 2.75) is 19.5 Å². The molecule has 0 aliphatic heterocycles. The Balaban J connectivity index is 2.29. The second-order valence-electron chi connectivity index (χ2n) is 4.21. The molecule has 20 heavy (non-hydrogen) atoms. The highest BCUT2D eigenvalue weighted by Gasteiger charge is 2.23. The van der Waals surface area contributed by atoms with E-state index in [0.717, 1.165) is 12.1 Å². The van der Waals surface area contributed by atoms with E-state index < -0.39 is 6.04 Å². The maximum atomic E-state index is 12.0. The van der Waals surface area contributed by atoms with E-state index >= 15 is 0 Å². The van der Waals surface area contributed by atoms with Crippen LogP contribution in [0.2, 0.25) is 5.02 Å². The van der Waals surface area contributed by atoms with Gasteiger partial charge in [-0.25, -0.2) is 4.79 Å². The molecule has 0 saturated carbocycles. The summed E-state index contributed by atoms with van der Waals surface area (Å²) in [7, 11) is 1.36. The lowest BCUT2D eigenvalue weighted by atomic mass is 10.1. The quantitative estimate of drug-likeness (QED) is 0.861. The smallest absolute Gasteiger partial charge is 0.333 e. The number of rotatable bonds is 5. The monoisotopic (exact) mass is 293 g/mol. The highest BCUT2D eigenvalue weighted by Crippen LogP contribution is 2.26. The summed E-state index contributed by atoms with van der Waals surface area (Å²) in [6, 6.07) is 6.60. The summed E-state index contributed by atoms with van der Waals surface area (Å²) in [5, 5.41) is 7.81. The average molecular weight is 294 g/mol. The zero-order chi connectivity index (χ0) is 14.5. The van der Waals surface area contributed by atoms with E-state index in [4.69, 9.17) is 16.3 Å². The van der Waals surface area contributed by atoms with Gasteiger partial charge in [-0.2, -0.15) is 5.10 Å². The molecule has 0 bridgehead atoms. The Hall–Kier alpha value is -2.01. The summed E-state index contributed by atoms with van der Waals surface area (Å²) in [6.45, 7) is 2.71. The number of carbonyl (C=O) groups excluding carboxylic acids is 1. The van der Waals surface area contributed by atoms with Crippen molar-refractivity contribution >= 4 is 23.3 Å². The van der Waals surface area contributed by atoms with Crippen LogP contribution in [0.15, 0.2) is 36.7 Å². The Kier molecular flexibility index (Phi) is 4.63. The number of esters is 1. The second kappa shape index (κ2) is 6.43. The summed E-state index contributed by atoms with van der Waals surface area (Å²) < 4.78 is 6.59. The van der Waals surface area contributed by atoms with Crippen molar-refractivity contribution in [2.75, 3.05) is 12.4 Å². The molecule has 0 spiro atoms. The SMILES string of the molecule is CCn1cc(C(Nc2ccccc2Cl)C(=O)OC)cn1. The van der Waals surface area contributed by atoms with Crippen molar-refractivity contribution in [3.05, 3.63) is 47.2 Å². The first-order valence-electron chi connectivity index (χ1n) is 6.27. The van der Waals surface area contributed by atoms with Crippen molar-refractivity contribution in [1.29, 1.82) is 0 Å². The van der Waals surface area contributed by atoms with Gasteiger partial charge in [-0.1, -0.05) is 23.7 Å². The number of hydrogen-bond acceptors (Lipinski definition) is 4. The Labute approximate surface area is 122 Å². The van der Waals surface area contributed by atoms with E-state index in [9.17, 15) is 4.79 Å². The van der Waals surface area contributed by atoms with Gasteiger partial charge in [0.05, 0.1) is 24.0 Å². The normalized spacial score (nSPS) is 11.9. The third-order valence-corrected chi connectivity index (χ3v) is 3.25. The van der Waals surface area contributed by atoms with Gasteiger partial charge in [0.1, 0.15) is 0 Å². The van der Waals surface area contributed by atoms with Gasteiger partial charge in [0.15, 0.2) is 6.04 Å². The Morgan fingerprint density at radius 1 is 1.50 bits per heavy atom. The van der Waals surface area contributed by atoms with Crippen LogP contribution in [0.4, 0.5) is 5.69 Å². The molecule has 1 aromatic carbocycles. The fourth-order valence-electron chi connectivity index (χ4n) is 1.83. The number of ether oxygens (including phenoxy) is 1. The molecule has 0 fully saturated rings. The van der Waals surface area contributed by atoms with E-state index in [1.54, 1.807) is 16.9 Å². The molecule has 0 aliphatic rings. The van der Waals surface area contributed by atoms with Crippen LogP contribution in [-0.4, -0.2) is 22.9 Å². The number of aryl methyl sites for hydroxylation is 1. The Morgan fingerprint density at radius 2 is 2.25 bits per heavy atom. The fourth-order valence-corrected chi connectivity index (χ4v) is 2.02. The van der Waals surface area contributed by atoms with Gasteiger partial charge in [-0.15, -0.1) is 0 Å². The Bertz CT molecular complexity index is 598. The maximum Gasteiger partial charge on any atom is 0.333 e. The largest absolute Gasteiger partial charge is 0.467 e. The zero-order valence-electron chi connectivity index (χ0n) is 11.3. The standard InChI is InChI=1S/C14H16ClN3O2/c1-3-18-9-10(8-16-18)13(14(19)20-2)17-12-7-5-4-6-11(12)15/h4-9,13,17H,3H2,1-2H3. The summed E-state index contributed by atoms with van der Waals surface area (Å²) in [5.74, 6) is -0.388. The molecule has 2 aromatic rings. The predicted octanol–water partition coefficient (Wildman–Crippen LogP) is 2.88. The number of aromatic nitrogens is 2. The molecule has 0 amide bonds. The minimum absolute atomic E-state index is 0.388. The highest BCUT2D eigenvalue weighted by atomic mass is 35.5. The number of carbonyl (C=O) groups is 1. The summed E-state index contributed by atoms with van der Waals surface area (Å²) >= 11 is 6.10. The van der Waals surface area contributed by atoms with Crippen molar-refractivity contribution in [3.8, 4) is 0 Å². The van der Waals surface area contributed by atoms with Crippen LogP contribution in [-0.2, 0) is 16.1 Å². The molecule has 6 heteroatoms. The summed E-state index contributed by atoms with van der Waals surface area (Å²) in [4.78, 5) is 12.0. The van der Waals surface area contributed by atoms with Crippen LogP contribution in [0.25, 0.3) is 0 Å². The van der Waals surface area contributed by atoms with Crippen LogP contribution in [0.1, 0.15) is 18.5 Å². The highest BCUT2D eigenvalue weighted by molar-refractivity contribution is 6.33. The topological polar surface area (TPSA) is 56.2 Å². The number of hydrogen-bond donors (Lipinski definition) is 1. The van der Waals surface area contributed by atoms with Crippen LogP contribution in [0.3, 0.4) is 0 Å². The first kappa shape index (κ1) is 14.4. The number of halogens is 1. The third kappa shape index (κ3) is 3.11. The minimum atomic E-state index is -0.639. The minimum Gasteiger partial charge on any atom is -0.467 e. The number of methoxy groups -OCH3 is 1. The zero-order valence-corrected chi connectivity index (χ0v) is 12.1. The van der Waals surface area contributed by atoms with E-state index in [0.29, 0.717) is 10.7 Å². The first-order valence-corrected chi connectivity index (χ1v) is 6.64. The number of nitrogens with zero attached hydrogens (tertiary/aromatic N) is 2. The van der Waals surface area contributed by atoms with Crippen molar-refractivity contribution in [2.24, 2.45) is 0 Å². The lowest BCUT2D eigenvalue weighted by molar-refractivity contribution is -0.141. The molecular weight excluding hydrogens is 278 g/mol. The summed E-state index contributed by atoms with van der Waals surface area (Å²) in [5.41, 5.74) is 1.41. The molecular formula is C14H16ClN3O2. The fraction of sp³-hybridized carbons (Fsp3) is 0.286. The van der Waals surface area contributed by atoms with E-state index in [1.807, 2.05) is 31.3 Å². The number of para-hydroxylation sites is 1. The molecule has 0 aliphatic carbocycles. The molecule has 2 rings (SSSR count). The average Bonchev–Trinajstić information content (AvgIpc) is 2.94. The van der Waals surface area contributed by atoms with E-state index in [1.165, 1.54) is 7.11 Å². The molecule has 0 radical (unpaired) electrons. The maximum absolute atomic E-state index is 12.0. The van der Waals surface area contributed by atoms with Gasteiger partial charge in [0.2, 0.25) is 0 Å². The van der Waals surface area contributed by atoms with Crippen LogP contribution in [0, 0.1) is 0 Å². The van der Waals surface area contributed by atoms with Gasteiger partial charge >= 0.3 is 5.97 Å². The molecule has 0 saturated heterocycles. The Morgan fingerprint density at radius 3 is 2.85 bits per heavy atom. The van der Waals surface area contributed by atoms with Crippen LogP contribution >= 0.6 is 11.6 Å². The van der Waals surface area contributed by atoms with Crippen molar-refractivity contribution in [3.63, 3.8) is 0 Å². The molecule has 1 atom stereocenters. The van der Waals surface area contributed by atoms with Crippen LogP contribution in [0.5, 0.6) is 0 Å². The molecule has 5 nitrogen and oxygen atoms in total. The van der Waals surface area contributed by atoms with E-state index in [2.05, 4.69) is 10.4 Å². The van der Waals surface area contributed by atoms with Gasteiger partial charge < -0.3 is 10.1 Å². The molecule has 1 unspecified atom stereocenters. The summed E-state index contributed by atoms with van der Waals surface area (Å²) in [6.07, 6.45) is 3.46. The van der Waals surface area contributed by atoms with Crippen LogP contribution < -0.4 is 5.32 Å². The number of anilines is 1. The molecule has 1 heterocycles. The predicted molar refractivity (Wildman–Crippen MR) is 77.7 cm³/mol. The molecule has 106 valence electrons. The third-order valence-electron chi connectivity index (χ3n) is 2.92. The first-order chi connectivity index (χ1) is 9.65. The lowest BCUT2D eigenvalue weighted by Crippen LogP contribution is -2.22. The van der Waals surface area contributed by atoms with Crippen molar-refractivity contribution in [1.82, 2.24) is 9.78 Å². The van der Waals surface area contributed by atoms with Gasteiger partial charge in [-0.05, 0) is 19.1 Å². The number of nitrogens with one attached hydrogen (secondary N) is 1. The van der Waals surface area contributed by atoms with Gasteiger partial charge in [-0.3, -0.25) is 4.68 Å². The van der Waals surface area contributed by atoms with Crippen molar-refractivity contribution < 1.29 is 9.53 Å². The molecule has 1 aromatic heterocycles. The van der Waals surface area contributed by atoms with E-state index in [-0.39, 0.29) is 5.97 Å². The second-order valence-corrected chi connectivity index (χ2v) is 4.62. The van der Waals surface area contributed by atoms with Gasteiger partial charge in [0, 0.05) is 18.3 Å². The number of benzene rings is 1.